The fourth-order valence-electron chi connectivity index (χ4n) is 1.08. The first kappa shape index (κ1) is 11.9. The summed E-state index contributed by atoms with van der Waals surface area (Å²) in [7, 11) is 0. The second kappa shape index (κ2) is 6.37. The third-order valence-electron chi connectivity index (χ3n) is 1.73. The number of aliphatic hydroxyl groups excluding tert-OH is 1. The number of hydrogen-bond acceptors (Lipinski definition) is 4. The Labute approximate surface area is 93.0 Å². The Morgan fingerprint density at radius 2 is 2.47 bits per heavy atom. The Morgan fingerprint density at radius 3 is 3.07 bits per heavy atom. The SMILES string of the molecule is CCOC(=O)CC=Cc1csc(CO)c1. The number of thiophene rings is 1. The molecule has 0 saturated heterocycles. The van der Waals surface area contributed by atoms with Crippen molar-refractivity contribution in [3.63, 3.8) is 0 Å². The molecule has 0 aliphatic rings. The highest BCUT2D eigenvalue weighted by molar-refractivity contribution is 7.10. The van der Waals surface area contributed by atoms with Gasteiger partial charge < -0.3 is 9.84 Å². The van der Waals surface area contributed by atoms with Crippen molar-refractivity contribution in [2.75, 3.05) is 6.61 Å². The average Bonchev–Trinajstić information content (AvgIpc) is 2.66. The monoisotopic (exact) mass is 226 g/mol. The van der Waals surface area contributed by atoms with Crippen LogP contribution in [0.2, 0.25) is 0 Å². The van der Waals surface area contributed by atoms with Crippen LogP contribution in [0.1, 0.15) is 23.8 Å². The molecule has 1 rings (SSSR count). The van der Waals surface area contributed by atoms with E-state index in [0.717, 1.165) is 10.4 Å². The maximum atomic E-state index is 11.0. The second-order valence-corrected chi connectivity index (χ2v) is 3.91. The van der Waals surface area contributed by atoms with Crippen LogP contribution in [0.4, 0.5) is 0 Å². The Kier molecular flexibility index (Phi) is 5.07. The molecule has 1 N–H and O–H groups in total. The fraction of sp³-hybridized carbons (Fsp3) is 0.364. The summed E-state index contributed by atoms with van der Waals surface area (Å²) >= 11 is 1.50. The highest BCUT2D eigenvalue weighted by Gasteiger charge is 1.98. The largest absolute Gasteiger partial charge is 0.466 e. The van der Waals surface area contributed by atoms with Crippen LogP contribution in [0.15, 0.2) is 17.5 Å². The topological polar surface area (TPSA) is 46.5 Å². The van der Waals surface area contributed by atoms with E-state index in [1.165, 1.54) is 11.3 Å². The van der Waals surface area contributed by atoms with E-state index in [1.807, 2.05) is 17.5 Å². The van der Waals surface area contributed by atoms with Crippen molar-refractivity contribution in [3.05, 3.63) is 28.0 Å². The summed E-state index contributed by atoms with van der Waals surface area (Å²) in [5.74, 6) is -0.216. The van der Waals surface area contributed by atoms with E-state index in [9.17, 15) is 4.79 Å². The summed E-state index contributed by atoms with van der Waals surface area (Å²) in [5, 5.41) is 10.8. The highest BCUT2D eigenvalue weighted by Crippen LogP contribution is 2.15. The quantitative estimate of drug-likeness (QED) is 0.783. The summed E-state index contributed by atoms with van der Waals surface area (Å²) in [6.07, 6.45) is 3.91. The van der Waals surface area contributed by atoms with Gasteiger partial charge in [-0.15, -0.1) is 11.3 Å². The second-order valence-electron chi connectivity index (χ2n) is 2.92. The zero-order valence-electron chi connectivity index (χ0n) is 8.60. The smallest absolute Gasteiger partial charge is 0.309 e. The molecule has 0 amide bonds. The average molecular weight is 226 g/mol. The lowest BCUT2D eigenvalue weighted by Crippen LogP contribution is -2.01. The Balaban J connectivity index is 2.40. The van der Waals surface area contributed by atoms with Crippen LogP contribution in [-0.2, 0) is 16.1 Å². The standard InChI is InChI=1S/C11H14O3S/c1-2-14-11(13)5-3-4-9-6-10(7-12)15-8-9/h3-4,6,8,12H,2,5,7H2,1H3. The molecule has 0 aliphatic carbocycles. The van der Waals surface area contributed by atoms with Crippen molar-refractivity contribution in [2.24, 2.45) is 0 Å². The number of rotatable bonds is 5. The van der Waals surface area contributed by atoms with Gasteiger partial charge >= 0.3 is 5.97 Å². The lowest BCUT2D eigenvalue weighted by Gasteiger charge is -1.95. The summed E-state index contributed by atoms with van der Waals surface area (Å²) in [5.41, 5.74) is 1.01. The Bertz CT molecular complexity index is 341. The molecule has 1 aromatic rings. The van der Waals surface area contributed by atoms with Crippen LogP contribution in [0.25, 0.3) is 6.08 Å². The first-order valence-corrected chi connectivity index (χ1v) is 5.64. The molecule has 0 unspecified atom stereocenters. The van der Waals surface area contributed by atoms with E-state index in [-0.39, 0.29) is 19.0 Å². The molecular formula is C11H14O3S. The lowest BCUT2D eigenvalue weighted by atomic mass is 10.2. The van der Waals surface area contributed by atoms with Gasteiger partial charge in [-0.25, -0.2) is 0 Å². The predicted octanol–water partition coefficient (Wildman–Crippen LogP) is 2.21. The third-order valence-corrected chi connectivity index (χ3v) is 2.67. The molecule has 0 aliphatic heterocycles. The van der Waals surface area contributed by atoms with E-state index in [1.54, 1.807) is 13.0 Å². The van der Waals surface area contributed by atoms with Crippen LogP contribution in [0.3, 0.4) is 0 Å². The van der Waals surface area contributed by atoms with Gasteiger partial charge in [0.2, 0.25) is 0 Å². The van der Waals surface area contributed by atoms with Crippen LogP contribution in [0.5, 0.6) is 0 Å². The van der Waals surface area contributed by atoms with E-state index in [2.05, 4.69) is 0 Å². The number of carbonyl (C=O) groups excluding carboxylic acids is 1. The molecule has 82 valence electrons. The molecule has 0 spiro atoms. The minimum atomic E-state index is -0.216. The van der Waals surface area contributed by atoms with Gasteiger partial charge in [-0.3, -0.25) is 4.79 Å². The first-order valence-electron chi connectivity index (χ1n) is 4.76. The molecular weight excluding hydrogens is 212 g/mol. The highest BCUT2D eigenvalue weighted by atomic mass is 32.1. The molecule has 0 bridgehead atoms. The van der Waals surface area contributed by atoms with Gasteiger partial charge in [0.05, 0.1) is 19.6 Å². The molecule has 15 heavy (non-hydrogen) atoms. The van der Waals surface area contributed by atoms with E-state index in [4.69, 9.17) is 9.84 Å². The zero-order valence-corrected chi connectivity index (χ0v) is 9.42. The van der Waals surface area contributed by atoms with Crippen LogP contribution in [-0.4, -0.2) is 17.7 Å². The van der Waals surface area contributed by atoms with Gasteiger partial charge in [0.15, 0.2) is 0 Å². The van der Waals surface area contributed by atoms with Crippen molar-refractivity contribution >= 4 is 23.4 Å². The number of carbonyl (C=O) groups is 1. The van der Waals surface area contributed by atoms with E-state index < -0.39 is 0 Å². The normalized spacial score (nSPS) is 10.8. The van der Waals surface area contributed by atoms with Gasteiger partial charge in [-0.05, 0) is 23.9 Å². The zero-order chi connectivity index (χ0) is 11.1. The van der Waals surface area contributed by atoms with Gasteiger partial charge in [-0.1, -0.05) is 12.2 Å². The minimum Gasteiger partial charge on any atom is -0.466 e. The van der Waals surface area contributed by atoms with Crippen molar-refractivity contribution in [1.82, 2.24) is 0 Å². The molecule has 1 heterocycles. The van der Waals surface area contributed by atoms with Gasteiger partial charge in [0, 0.05) is 4.88 Å². The summed E-state index contributed by atoms with van der Waals surface area (Å²) < 4.78 is 4.78. The first-order chi connectivity index (χ1) is 7.26. The molecule has 0 atom stereocenters. The molecule has 0 aromatic carbocycles. The molecule has 1 aromatic heterocycles. The molecule has 0 saturated carbocycles. The van der Waals surface area contributed by atoms with Crippen molar-refractivity contribution < 1.29 is 14.6 Å². The van der Waals surface area contributed by atoms with Crippen LogP contribution in [0, 0.1) is 0 Å². The van der Waals surface area contributed by atoms with Crippen molar-refractivity contribution in [1.29, 1.82) is 0 Å². The van der Waals surface area contributed by atoms with E-state index in [0.29, 0.717) is 6.61 Å². The third kappa shape index (κ3) is 4.27. The summed E-state index contributed by atoms with van der Waals surface area (Å²) in [6.45, 7) is 2.27. The lowest BCUT2D eigenvalue weighted by molar-refractivity contribution is -0.142. The molecule has 0 radical (unpaired) electrons. The fourth-order valence-corrected chi connectivity index (χ4v) is 1.79. The van der Waals surface area contributed by atoms with E-state index >= 15 is 0 Å². The predicted molar refractivity (Wildman–Crippen MR) is 60.5 cm³/mol. The van der Waals surface area contributed by atoms with Crippen LogP contribution >= 0.6 is 11.3 Å². The van der Waals surface area contributed by atoms with Gasteiger partial charge in [-0.2, -0.15) is 0 Å². The Hall–Kier alpha value is -1.13. The molecule has 3 nitrogen and oxygen atoms in total. The Morgan fingerprint density at radius 1 is 1.67 bits per heavy atom. The molecule has 4 heteroatoms. The van der Waals surface area contributed by atoms with Crippen molar-refractivity contribution in [3.8, 4) is 0 Å². The van der Waals surface area contributed by atoms with Gasteiger partial charge in [0.1, 0.15) is 0 Å². The number of aliphatic hydroxyl groups is 1. The number of esters is 1. The molecule has 0 fully saturated rings. The maximum Gasteiger partial charge on any atom is 0.309 e. The maximum absolute atomic E-state index is 11.0. The minimum absolute atomic E-state index is 0.0659. The summed E-state index contributed by atoms with van der Waals surface area (Å²) in [6, 6.07) is 1.90. The number of ether oxygens (including phenoxy) is 1. The van der Waals surface area contributed by atoms with Crippen molar-refractivity contribution in [2.45, 2.75) is 20.0 Å². The van der Waals surface area contributed by atoms with Crippen LogP contribution < -0.4 is 0 Å². The summed E-state index contributed by atoms with van der Waals surface area (Å²) in [4.78, 5) is 11.9. The van der Waals surface area contributed by atoms with Gasteiger partial charge in [0.25, 0.3) is 0 Å². The number of hydrogen-bond donors (Lipinski definition) is 1.